The molecule has 0 amide bonds. The van der Waals surface area contributed by atoms with Crippen LogP contribution in [0.2, 0.25) is 0 Å². The summed E-state index contributed by atoms with van der Waals surface area (Å²) in [5.74, 6) is 0.289. The Bertz CT molecular complexity index is 4370. The molecule has 830 valence electrons. The van der Waals surface area contributed by atoms with Crippen LogP contribution >= 0.6 is 188 Å². The van der Waals surface area contributed by atoms with E-state index in [-0.39, 0.29) is 26.4 Å². The summed E-state index contributed by atoms with van der Waals surface area (Å²) in [6, 6.07) is 0. The number of alkyl halides is 24. The van der Waals surface area contributed by atoms with Gasteiger partial charge in [0.15, 0.2) is 41.5 Å². The number of fused-ring (bicyclic) bond motifs is 4. The molecule has 16 nitrogen and oxygen atoms in total. The van der Waals surface area contributed by atoms with Crippen molar-refractivity contribution >= 4 is 236 Å². The third-order valence-electron chi connectivity index (χ3n) is 21.9. The molecular weight excluding hydrogens is 2290 g/mol. The van der Waals surface area contributed by atoms with Crippen molar-refractivity contribution in [2.75, 3.05) is 86.3 Å². The zero-order valence-electron chi connectivity index (χ0n) is 79.4. The van der Waals surface area contributed by atoms with Crippen molar-refractivity contribution < 1.29 is 182 Å². The van der Waals surface area contributed by atoms with Crippen molar-refractivity contribution in [3.8, 4) is 0 Å². The number of carbonyl (C=O) groups is 8. The van der Waals surface area contributed by atoms with Gasteiger partial charge in [0.25, 0.3) is 0 Å². The normalized spacial score (nSPS) is 29.5. The molecule has 12 fully saturated rings. The van der Waals surface area contributed by atoms with Gasteiger partial charge in [0.2, 0.25) is 0 Å². The lowest BCUT2D eigenvalue weighted by Gasteiger charge is -2.43. The summed E-state index contributed by atoms with van der Waals surface area (Å²) < 4.78 is 336. The Morgan fingerprint density at radius 3 is 1.17 bits per heavy atom. The molecule has 0 spiro atoms. The van der Waals surface area contributed by atoms with Crippen LogP contribution in [-0.4, -0.2) is 272 Å². The highest BCUT2D eigenvalue weighted by Gasteiger charge is 2.58. The van der Waals surface area contributed by atoms with E-state index in [0.717, 1.165) is 154 Å². The minimum Gasteiger partial charge on any atom is -0.447 e. The standard InChI is InChI=1S/C14H17F3O2S2.C12H15F3O2S2.C11H13F3O2S2.3C11H15F3O2S2.C10H13F3O2S2.C9H11F3O2S2/c1-8(14(15,16)17)12(18)19-13-7-3-6-11(13)20-9-4-2-5-10(9)21-13;1-8(12(13,14)15)10(16)17-11-5-2-4-9(11)18-6-3-7-19-11;1-6(11(12,13)14)10(15)16-9-5-17-7-3-2-4-8(7)18-9;1-7(11(12,13)14)9(15)16-8-4-17-5-10(2,3)6-18-8;1-6-4-7(2)18-9(5-17-6)16-10(15)8(3)11(12,13)14;1-7(11(12,13)14)9(15)16-10(3)8(2)17-5-4-6-18-10;1-7(10(11,12)13)8(14)15-9(2)6-16-4-3-5-17-9;1-6(9(10,11)12)8(13)14-7-5-15-3-2-4-16-7/h9-11H,1-7H2;9H,1-7H2;7-9H,1-5H2;8H,1,4-6H2,2-3H3;6-7,9H,3-5H2,1-2H3;8H,1,4-6H2,2-3H3;1,3-6H2,2H3;7H,1-5H2. The van der Waals surface area contributed by atoms with Crippen LogP contribution < -0.4 is 0 Å². The number of thioether (sulfide) groups is 16. The van der Waals surface area contributed by atoms with E-state index in [1.807, 2.05) is 25.6 Å². The van der Waals surface area contributed by atoms with E-state index in [9.17, 15) is 144 Å². The predicted molar refractivity (Wildman–Crippen MR) is 546 cm³/mol. The minimum absolute atomic E-state index is 0.0602. The van der Waals surface area contributed by atoms with Gasteiger partial charge in [-0.25, -0.2) is 38.4 Å². The fourth-order valence-electron chi connectivity index (χ4n) is 13.9. The molecule has 12 rings (SSSR count). The summed E-state index contributed by atoms with van der Waals surface area (Å²) in [4.78, 5) is 87.8. The number of rotatable bonds is 16. The summed E-state index contributed by atoms with van der Waals surface area (Å²) in [7, 11) is 0. The Balaban J connectivity index is 0.000000292. The molecule has 56 heteroatoms. The van der Waals surface area contributed by atoms with E-state index >= 15 is 0 Å². The third kappa shape index (κ3) is 45.0. The van der Waals surface area contributed by atoms with Gasteiger partial charge in [-0.15, -0.1) is 106 Å². The molecule has 0 aromatic heterocycles. The molecule has 4 aliphatic carbocycles. The summed E-state index contributed by atoms with van der Waals surface area (Å²) in [5.41, 5.74) is -13.5. The molecule has 0 radical (unpaired) electrons. The van der Waals surface area contributed by atoms with Crippen LogP contribution in [0.3, 0.4) is 0 Å². The first-order valence-electron chi connectivity index (χ1n) is 44.5. The number of carbonyl (C=O) groups excluding carboxylic acids is 8. The molecule has 0 aromatic rings. The average molecular weight is 2410 g/mol. The molecular formula is C89H114F24O16S16. The van der Waals surface area contributed by atoms with E-state index in [1.54, 1.807) is 108 Å². The molecule has 0 N–H and O–H groups in total. The first kappa shape index (κ1) is 133. The van der Waals surface area contributed by atoms with Crippen LogP contribution in [-0.2, 0) is 76.3 Å². The SMILES string of the molecule is C=C(C(=O)OC1(C)CSCCCS1)C(F)(F)F.C=C(C(=O)OC1(C)SCCCSC1C)C(F)(F)F.C=C(C(=O)OC12CCCC1SC1CCCC1S2)C(F)(F)F.C=C(C(=O)OC12CCCC1SCCCS2)C(F)(F)F.C=C(C(=O)OC1CSC(C)CC(C)S1)C(F)(F)F.C=C(C(=O)OC1CSC2CCCC2S1)C(F)(F)F.C=C(C(=O)OC1CSCC(C)(C)CS1)C(F)(F)F.C=C(C(=O)OC1CSCCCS1)C(F)(F)F. The molecule has 8 heterocycles. The monoisotopic (exact) mass is 2410 g/mol. The Morgan fingerprint density at radius 1 is 0.290 bits per heavy atom. The molecule has 0 aromatic carbocycles. The number of hydrogen-bond donors (Lipinski definition) is 0. The lowest BCUT2D eigenvalue weighted by atomic mass is 10.0. The first-order chi connectivity index (χ1) is 66.7. The Kier molecular flexibility index (Phi) is 53.7. The zero-order chi connectivity index (χ0) is 110. The quantitative estimate of drug-likeness (QED) is 0.0608. The number of esters is 8. The van der Waals surface area contributed by atoms with Crippen molar-refractivity contribution in [2.24, 2.45) is 5.41 Å². The molecule has 8 aliphatic heterocycles. The highest BCUT2D eigenvalue weighted by molar-refractivity contribution is 8.09. The van der Waals surface area contributed by atoms with Crippen molar-refractivity contribution in [1.29, 1.82) is 0 Å². The van der Waals surface area contributed by atoms with Crippen LogP contribution in [0.5, 0.6) is 0 Å². The fraction of sp³-hybridized carbons (Fsp3) is 0.730. The van der Waals surface area contributed by atoms with Crippen LogP contribution in [0, 0.1) is 5.41 Å². The maximum absolute atomic E-state index is 12.6. The summed E-state index contributed by atoms with van der Waals surface area (Å²) in [6.45, 7) is 35.4. The molecule has 0 bridgehead atoms. The molecule has 145 heavy (non-hydrogen) atoms. The number of ether oxygens (including phenoxy) is 8. The fourth-order valence-corrected chi connectivity index (χ4v) is 37.6. The minimum atomic E-state index is -4.74. The van der Waals surface area contributed by atoms with Crippen molar-refractivity contribution in [1.82, 2.24) is 0 Å². The Labute approximate surface area is 894 Å². The Hall–Kier alpha value is -2.40. The van der Waals surface area contributed by atoms with Crippen LogP contribution in [0.1, 0.15) is 158 Å². The van der Waals surface area contributed by atoms with Crippen molar-refractivity contribution in [3.05, 3.63) is 97.2 Å². The zero-order valence-corrected chi connectivity index (χ0v) is 92.5. The van der Waals surface area contributed by atoms with Crippen molar-refractivity contribution in [3.63, 3.8) is 0 Å². The Morgan fingerprint density at radius 2 is 0.662 bits per heavy atom. The van der Waals surface area contributed by atoms with E-state index in [0.29, 0.717) is 67.9 Å². The van der Waals surface area contributed by atoms with Crippen LogP contribution in [0.4, 0.5) is 105 Å². The van der Waals surface area contributed by atoms with Gasteiger partial charge in [0, 0.05) is 66.0 Å². The molecule has 17 unspecified atom stereocenters. The van der Waals surface area contributed by atoms with Gasteiger partial charge in [0.05, 0.1) is 15.7 Å². The maximum atomic E-state index is 12.6. The van der Waals surface area contributed by atoms with Gasteiger partial charge in [-0.05, 0) is 174 Å². The topological polar surface area (TPSA) is 210 Å². The lowest BCUT2D eigenvalue weighted by molar-refractivity contribution is -0.158. The van der Waals surface area contributed by atoms with E-state index in [2.05, 4.69) is 73.4 Å². The summed E-state index contributed by atoms with van der Waals surface area (Å²) in [5, 5.41) is 2.77. The van der Waals surface area contributed by atoms with Gasteiger partial charge in [-0.1, -0.05) is 93.2 Å². The molecule has 17 atom stereocenters. The largest absolute Gasteiger partial charge is 0.447 e. The van der Waals surface area contributed by atoms with E-state index in [1.165, 1.54) is 82.3 Å². The highest BCUT2D eigenvalue weighted by Crippen LogP contribution is 2.61. The van der Waals surface area contributed by atoms with Crippen LogP contribution in [0.15, 0.2) is 97.2 Å². The van der Waals surface area contributed by atoms with E-state index < -0.39 is 183 Å². The van der Waals surface area contributed by atoms with Gasteiger partial charge in [-0.2, -0.15) is 188 Å². The molecule has 12 aliphatic rings. The van der Waals surface area contributed by atoms with Gasteiger partial charge < -0.3 is 37.9 Å². The van der Waals surface area contributed by atoms with Crippen molar-refractivity contribution in [2.45, 2.75) is 296 Å². The van der Waals surface area contributed by atoms with E-state index in [4.69, 9.17) is 37.9 Å². The number of halogens is 24. The summed E-state index contributed by atoms with van der Waals surface area (Å²) in [6.07, 6.45) is -21.3. The van der Waals surface area contributed by atoms with Gasteiger partial charge in [-0.3, -0.25) is 0 Å². The maximum Gasteiger partial charge on any atom is 0.422 e. The smallest absolute Gasteiger partial charge is 0.422 e. The number of hydrogen-bond acceptors (Lipinski definition) is 32. The second kappa shape index (κ2) is 58.6. The second-order valence-corrected chi connectivity index (χ2v) is 56.3. The molecule has 8 saturated heterocycles. The first-order valence-corrected chi connectivity index (χ1v) is 61.0. The average Bonchev–Trinajstić information content (AvgIpc) is 1.60. The lowest BCUT2D eigenvalue weighted by Crippen LogP contribution is -2.45. The van der Waals surface area contributed by atoms with Gasteiger partial charge in [0.1, 0.15) is 44.6 Å². The third-order valence-corrected chi connectivity index (χ3v) is 47.0. The highest BCUT2D eigenvalue weighted by atomic mass is 32.2. The molecule has 4 saturated carbocycles. The summed E-state index contributed by atoms with van der Waals surface area (Å²) >= 11 is 24.6. The second-order valence-electron chi connectivity index (χ2n) is 34.6. The van der Waals surface area contributed by atoms with Crippen LogP contribution in [0.25, 0.3) is 0 Å². The predicted octanol–water partition coefficient (Wildman–Crippen LogP) is 28.2. The van der Waals surface area contributed by atoms with Gasteiger partial charge >= 0.3 is 97.2 Å².